The van der Waals surface area contributed by atoms with E-state index in [0.717, 1.165) is 25.1 Å². The Labute approximate surface area is 178 Å². The molecule has 4 nitrogen and oxygen atoms in total. The molecule has 3 aromatic carbocycles. The number of hydrogen-bond acceptors (Lipinski definition) is 3. The number of benzene rings is 3. The summed E-state index contributed by atoms with van der Waals surface area (Å²) in [6, 6.07) is 28.4. The first-order valence-corrected chi connectivity index (χ1v) is 10.4. The maximum absolute atomic E-state index is 10.9. The Kier molecular flexibility index (Phi) is 8.04. The van der Waals surface area contributed by atoms with Gasteiger partial charge in [-0.2, -0.15) is 0 Å². The summed E-state index contributed by atoms with van der Waals surface area (Å²) in [6.07, 6.45) is 0.900. The minimum atomic E-state index is -0.837. The average molecular weight is 404 g/mol. The fourth-order valence-electron chi connectivity index (χ4n) is 3.55. The Balaban J connectivity index is 1.51. The van der Waals surface area contributed by atoms with Crippen LogP contribution in [0, 0.1) is 0 Å². The minimum absolute atomic E-state index is 0.00744. The largest absolute Gasteiger partial charge is 0.491 e. The molecule has 0 spiro atoms. The molecule has 1 unspecified atom stereocenters. The van der Waals surface area contributed by atoms with Crippen LogP contribution in [0.25, 0.3) is 0 Å². The van der Waals surface area contributed by atoms with E-state index in [1.54, 1.807) is 12.1 Å². The van der Waals surface area contributed by atoms with Crippen LogP contribution >= 0.6 is 0 Å². The molecule has 3 rings (SSSR count). The van der Waals surface area contributed by atoms with E-state index in [1.807, 2.05) is 31.2 Å². The molecule has 1 atom stereocenters. The molecule has 0 heterocycles. The van der Waals surface area contributed by atoms with Crippen LogP contribution in [-0.4, -0.2) is 30.3 Å². The van der Waals surface area contributed by atoms with Gasteiger partial charge >= 0.3 is 5.97 Å². The van der Waals surface area contributed by atoms with Crippen molar-refractivity contribution in [3.05, 3.63) is 102 Å². The van der Waals surface area contributed by atoms with E-state index in [2.05, 4.69) is 53.8 Å². The van der Waals surface area contributed by atoms with E-state index in [9.17, 15) is 4.79 Å². The molecule has 0 aromatic heterocycles. The molecule has 0 aliphatic carbocycles. The van der Waals surface area contributed by atoms with Gasteiger partial charge in [0.2, 0.25) is 0 Å². The van der Waals surface area contributed by atoms with Crippen LogP contribution < -0.4 is 10.1 Å². The molecule has 156 valence electrons. The lowest BCUT2D eigenvalue weighted by Gasteiger charge is -2.20. The zero-order valence-corrected chi connectivity index (χ0v) is 17.3. The van der Waals surface area contributed by atoms with Gasteiger partial charge in [0.05, 0.1) is 12.5 Å². The number of hydrogen-bond donors (Lipinski definition) is 2. The van der Waals surface area contributed by atoms with Crippen molar-refractivity contribution in [2.75, 3.05) is 13.1 Å². The van der Waals surface area contributed by atoms with Crippen molar-refractivity contribution < 1.29 is 14.6 Å². The third-order valence-corrected chi connectivity index (χ3v) is 5.07. The highest BCUT2D eigenvalue weighted by Crippen LogP contribution is 2.23. The lowest BCUT2D eigenvalue weighted by Crippen LogP contribution is -2.27. The van der Waals surface area contributed by atoms with Crippen molar-refractivity contribution in [2.45, 2.75) is 31.8 Å². The van der Waals surface area contributed by atoms with Crippen molar-refractivity contribution >= 4 is 5.97 Å². The molecule has 0 radical (unpaired) electrons. The van der Waals surface area contributed by atoms with Crippen LogP contribution in [0.2, 0.25) is 0 Å². The molecule has 0 bridgehead atoms. The second kappa shape index (κ2) is 11.2. The molecule has 3 aromatic rings. The van der Waals surface area contributed by atoms with Gasteiger partial charge in [-0.25, -0.2) is 0 Å². The monoisotopic (exact) mass is 403 g/mol. The summed E-state index contributed by atoms with van der Waals surface area (Å²) in [5.41, 5.74) is 3.35. The second-order valence-electron chi connectivity index (χ2n) is 7.51. The molecule has 0 aliphatic heterocycles. The summed E-state index contributed by atoms with van der Waals surface area (Å²) >= 11 is 0. The highest BCUT2D eigenvalue weighted by atomic mass is 16.5. The van der Waals surface area contributed by atoms with Crippen LogP contribution in [0.1, 0.15) is 36.0 Å². The maximum Gasteiger partial charge on any atom is 0.307 e. The van der Waals surface area contributed by atoms with Crippen molar-refractivity contribution in [2.24, 2.45) is 0 Å². The van der Waals surface area contributed by atoms with Gasteiger partial charge in [0.15, 0.2) is 0 Å². The summed E-state index contributed by atoms with van der Waals surface area (Å²) in [6.45, 7) is 3.73. The molecule has 30 heavy (non-hydrogen) atoms. The number of nitrogens with one attached hydrogen (secondary N) is 1. The van der Waals surface area contributed by atoms with Gasteiger partial charge in [-0.05, 0) is 48.7 Å². The zero-order valence-electron chi connectivity index (χ0n) is 17.3. The quantitative estimate of drug-likeness (QED) is 0.448. The summed E-state index contributed by atoms with van der Waals surface area (Å²) in [7, 11) is 0. The number of carbonyl (C=O) groups is 1. The summed E-state index contributed by atoms with van der Waals surface area (Å²) in [5.74, 6) is 0.180. The Morgan fingerprint density at radius 1 is 0.933 bits per heavy atom. The lowest BCUT2D eigenvalue weighted by molar-refractivity contribution is -0.136. The smallest absolute Gasteiger partial charge is 0.307 e. The van der Waals surface area contributed by atoms with Crippen LogP contribution in [0.4, 0.5) is 0 Å². The number of carboxylic acid groups (broad SMARTS) is 1. The van der Waals surface area contributed by atoms with Crippen molar-refractivity contribution in [1.82, 2.24) is 5.32 Å². The summed E-state index contributed by atoms with van der Waals surface area (Å²) < 4.78 is 5.98. The molecular formula is C26H29NO3. The molecule has 0 aliphatic rings. The molecule has 4 heteroatoms. The summed E-state index contributed by atoms with van der Waals surface area (Å²) in [5, 5.41) is 12.5. The summed E-state index contributed by atoms with van der Waals surface area (Å²) in [4.78, 5) is 10.9. The SMILES string of the molecule is CC(CCNCC(c1ccccc1)c1ccccc1)Oc1cccc(CC(=O)O)c1. The van der Waals surface area contributed by atoms with E-state index in [-0.39, 0.29) is 12.5 Å². The third kappa shape index (κ3) is 6.75. The molecule has 2 N–H and O–H groups in total. The molecule has 0 saturated carbocycles. The highest BCUT2D eigenvalue weighted by molar-refractivity contribution is 5.70. The van der Waals surface area contributed by atoms with Gasteiger partial charge in [-0.3, -0.25) is 4.79 Å². The van der Waals surface area contributed by atoms with Crippen LogP contribution in [0.5, 0.6) is 5.75 Å². The van der Waals surface area contributed by atoms with E-state index < -0.39 is 5.97 Å². The number of rotatable bonds is 11. The highest BCUT2D eigenvalue weighted by Gasteiger charge is 2.14. The Bertz CT molecular complexity index is 872. The maximum atomic E-state index is 10.9. The fourth-order valence-corrected chi connectivity index (χ4v) is 3.55. The van der Waals surface area contributed by atoms with Gasteiger partial charge in [0.25, 0.3) is 0 Å². The van der Waals surface area contributed by atoms with Crippen molar-refractivity contribution in [3.8, 4) is 5.75 Å². The van der Waals surface area contributed by atoms with Gasteiger partial charge in [0, 0.05) is 12.5 Å². The number of carboxylic acids is 1. The molecule has 0 saturated heterocycles. The third-order valence-electron chi connectivity index (χ3n) is 5.07. The van der Waals surface area contributed by atoms with Crippen molar-refractivity contribution in [3.63, 3.8) is 0 Å². The predicted molar refractivity (Wildman–Crippen MR) is 120 cm³/mol. The van der Waals surface area contributed by atoms with E-state index in [0.29, 0.717) is 11.7 Å². The average Bonchev–Trinajstić information content (AvgIpc) is 2.75. The first-order chi connectivity index (χ1) is 14.6. The van der Waals surface area contributed by atoms with E-state index >= 15 is 0 Å². The lowest BCUT2D eigenvalue weighted by atomic mass is 9.91. The Morgan fingerprint density at radius 3 is 2.17 bits per heavy atom. The standard InChI is InChI=1S/C26H29NO3/c1-20(30-24-14-8-9-21(17-24)18-26(28)29)15-16-27-19-25(22-10-4-2-5-11-22)23-12-6-3-7-13-23/h2-14,17,20,25,27H,15-16,18-19H2,1H3,(H,28,29). The zero-order chi connectivity index (χ0) is 21.2. The molecular weight excluding hydrogens is 374 g/mol. The van der Waals surface area contributed by atoms with E-state index in [4.69, 9.17) is 9.84 Å². The Hall–Kier alpha value is -3.11. The molecule has 0 amide bonds. The van der Waals surface area contributed by atoms with Gasteiger partial charge < -0.3 is 15.2 Å². The van der Waals surface area contributed by atoms with E-state index in [1.165, 1.54) is 11.1 Å². The first-order valence-electron chi connectivity index (χ1n) is 10.4. The predicted octanol–water partition coefficient (Wildman–Crippen LogP) is 4.89. The fraction of sp³-hybridized carbons (Fsp3) is 0.269. The normalized spacial score (nSPS) is 11.9. The van der Waals surface area contributed by atoms with Crippen LogP contribution in [0.15, 0.2) is 84.9 Å². The number of aliphatic carboxylic acids is 1. The minimum Gasteiger partial charge on any atom is -0.491 e. The van der Waals surface area contributed by atoms with Crippen molar-refractivity contribution in [1.29, 1.82) is 0 Å². The Morgan fingerprint density at radius 2 is 1.57 bits per heavy atom. The first kappa shape index (κ1) is 21.6. The van der Waals surface area contributed by atoms with Gasteiger partial charge in [-0.1, -0.05) is 72.8 Å². The molecule has 0 fully saturated rings. The van der Waals surface area contributed by atoms with Gasteiger partial charge in [-0.15, -0.1) is 0 Å². The van der Waals surface area contributed by atoms with Crippen LogP contribution in [-0.2, 0) is 11.2 Å². The van der Waals surface area contributed by atoms with Crippen LogP contribution in [0.3, 0.4) is 0 Å². The number of ether oxygens (including phenoxy) is 1. The van der Waals surface area contributed by atoms with Gasteiger partial charge in [0.1, 0.15) is 5.75 Å². The topological polar surface area (TPSA) is 58.6 Å². The second-order valence-corrected chi connectivity index (χ2v) is 7.51.